The highest BCUT2D eigenvalue weighted by molar-refractivity contribution is 5.85. The molecule has 1 atom stereocenters. The molecule has 8 heteroatoms. The highest BCUT2D eigenvalue weighted by atomic mass is 35.5. The summed E-state index contributed by atoms with van der Waals surface area (Å²) in [5.41, 5.74) is 2.20. The van der Waals surface area contributed by atoms with Gasteiger partial charge in [-0.2, -0.15) is 5.10 Å². The predicted octanol–water partition coefficient (Wildman–Crippen LogP) is 1.87. The molecule has 1 saturated heterocycles. The highest BCUT2D eigenvalue weighted by Crippen LogP contribution is 2.21. The van der Waals surface area contributed by atoms with Crippen molar-refractivity contribution in [2.75, 3.05) is 13.2 Å². The second-order valence-corrected chi connectivity index (χ2v) is 5.46. The van der Waals surface area contributed by atoms with Gasteiger partial charge in [-0.05, 0) is 18.9 Å². The van der Waals surface area contributed by atoms with E-state index in [4.69, 9.17) is 4.74 Å². The monoisotopic (exact) mass is 345 g/mol. The van der Waals surface area contributed by atoms with E-state index in [2.05, 4.69) is 30.7 Å². The number of fused-ring (bicyclic) bond motifs is 1. The van der Waals surface area contributed by atoms with Crippen molar-refractivity contribution in [3.63, 3.8) is 0 Å². The summed E-state index contributed by atoms with van der Waals surface area (Å²) in [7, 11) is 0. The maximum Gasteiger partial charge on any atom is 0.160 e. The zero-order valence-electron chi connectivity index (χ0n) is 12.3. The van der Waals surface area contributed by atoms with Gasteiger partial charge in [-0.3, -0.25) is 4.68 Å². The average molecular weight is 346 g/mol. The van der Waals surface area contributed by atoms with E-state index in [1.54, 1.807) is 0 Å². The number of rotatable bonds is 3. The molecule has 0 spiro atoms. The third-order valence-corrected chi connectivity index (χ3v) is 4.04. The van der Waals surface area contributed by atoms with E-state index < -0.39 is 0 Å². The van der Waals surface area contributed by atoms with Gasteiger partial charge in [-0.1, -0.05) is 0 Å². The van der Waals surface area contributed by atoms with Crippen molar-refractivity contribution in [2.45, 2.75) is 38.6 Å². The summed E-state index contributed by atoms with van der Waals surface area (Å²) in [6.07, 6.45) is 6.50. The van der Waals surface area contributed by atoms with Crippen molar-refractivity contribution in [1.82, 2.24) is 24.6 Å². The molecule has 6 nitrogen and oxygen atoms in total. The van der Waals surface area contributed by atoms with Crippen LogP contribution in [0.25, 0.3) is 11.5 Å². The van der Waals surface area contributed by atoms with Gasteiger partial charge in [0.1, 0.15) is 5.69 Å². The lowest BCUT2D eigenvalue weighted by Gasteiger charge is -2.13. The van der Waals surface area contributed by atoms with Crippen LogP contribution < -0.4 is 5.32 Å². The van der Waals surface area contributed by atoms with Crippen LogP contribution in [0.5, 0.6) is 0 Å². The largest absolute Gasteiger partial charge is 0.376 e. The number of hydrogen-bond acceptors (Lipinski definition) is 4. The Balaban J connectivity index is 0.000000882. The second kappa shape index (κ2) is 7.46. The Morgan fingerprint density at radius 2 is 2.27 bits per heavy atom. The third-order valence-electron chi connectivity index (χ3n) is 4.04. The number of aromatic nitrogens is 4. The van der Waals surface area contributed by atoms with Crippen LogP contribution in [-0.4, -0.2) is 38.6 Å². The van der Waals surface area contributed by atoms with Crippen molar-refractivity contribution in [1.29, 1.82) is 0 Å². The van der Waals surface area contributed by atoms with E-state index in [1.165, 1.54) is 12.1 Å². The van der Waals surface area contributed by atoms with Gasteiger partial charge in [0.05, 0.1) is 24.9 Å². The Bertz CT molecular complexity index is 583. The maximum atomic E-state index is 5.71. The summed E-state index contributed by atoms with van der Waals surface area (Å²) in [5.74, 6) is 0.947. The van der Waals surface area contributed by atoms with Gasteiger partial charge in [-0.15, -0.1) is 24.8 Å². The van der Waals surface area contributed by atoms with Crippen LogP contribution in [-0.2, 0) is 24.4 Å². The Labute approximate surface area is 142 Å². The van der Waals surface area contributed by atoms with Crippen LogP contribution >= 0.6 is 24.8 Å². The first-order valence-electron chi connectivity index (χ1n) is 7.31. The second-order valence-electron chi connectivity index (χ2n) is 5.46. The van der Waals surface area contributed by atoms with Crippen molar-refractivity contribution < 1.29 is 4.74 Å². The number of nitrogens with one attached hydrogen (secondary N) is 1. The summed E-state index contributed by atoms with van der Waals surface area (Å²) in [4.78, 5) is 4.48. The molecular weight excluding hydrogens is 325 g/mol. The summed E-state index contributed by atoms with van der Waals surface area (Å²) < 4.78 is 9.96. The predicted molar refractivity (Wildman–Crippen MR) is 88.6 cm³/mol. The van der Waals surface area contributed by atoms with Gasteiger partial charge >= 0.3 is 0 Å². The van der Waals surface area contributed by atoms with Crippen molar-refractivity contribution >= 4 is 24.8 Å². The van der Waals surface area contributed by atoms with Crippen molar-refractivity contribution in [3.05, 3.63) is 24.2 Å². The number of ether oxygens (including phenoxy) is 1. The summed E-state index contributed by atoms with van der Waals surface area (Å²) >= 11 is 0. The Hall–Kier alpha value is -1.08. The zero-order valence-corrected chi connectivity index (χ0v) is 13.9. The minimum atomic E-state index is 0. The lowest BCUT2D eigenvalue weighted by atomic mass is 10.2. The fourth-order valence-electron chi connectivity index (χ4n) is 3.00. The van der Waals surface area contributed by atoms with Gasteiger partial charge in [0.2, 0.25) is 0 Å². The summed E-state index contributed by atoms with van der Waals surface area (Å²) in [6.45, 7) is 4.56. The Morgan fingerprint density at radius 1 is 1.36 bits per heavy atom. The first-order valence-corrected chi connectivity index (χ1v) is 7.31. The lowest BCUT2D eigenvalue weighted by Crippen LogP contribution is -2.28. The molecular formula is C14H21Cl2N5O. The molecule has 2 aromatic heterocycles. The van der Waals surface area contributed by atoms with Gasteiger partial charge < -0.3 is 14.6 Å². The number of nitrogens with zero attached hydrogens (tertiary/aromatic N) is 4. The molecule has 122 valence electrons. The van der Waals surface area contributed by atoms with Crippen molar-refractivity contribution in [2.24, 2.45) is 0 Å². The van der Waals surface area contributed by atoms with Crippen LogP contribution in [0.1, 0.15) is 18.5 Å². The molecule has 4 rings (SSSR count). The molecule has 1 unspecified atom stereocenters. The Morgan fingerprint density at radius 3 is 3.05 bits per heavy atom. The van der Waals surface area contributed by atoms with E-state index in [-0.39, 0.29) is 24.8 Å². The van der Waals surface area contributed by atoms with Crippen LogP contribution in [0, 0.1) is 0 Å². The third kappa shape index (κ3) is 3.30. The van der Waals surface area contributed by atoms with E-state index in [0.29, 0.717) is 6.10 Å². The SMILES string of the molecule is Cl.Cl.c1cn(CC2CCCO2)c(-c2cc3n(n2)CCNC3)n1. The summed E-state index contributed by atoms with van der Waals surface area (Å²) in [5, 5.41) is 8.05. The number of halogens is 2. The molecule has 0 aliphatic carbocycles. The van der Waals surface area contributed by atoms with E-state index in [1.807, 2.05) is 12.4 Å². The van der Waals surface area contributed by atoms with Gasteiger partial charge in [0, 0.05) is 32.1 Å². The number of imidazole rings is 1. The molecule has 1 N–H and O–H groups in total. The normalized spacial score (nSPS) is 20.1. The first kappa shape index (κ1) is 17.3. The van der Waals surface area contributed by atoms with Crippen molar-refractivity contribution in [3.8, 4) is 11.5 Å². The van der Waals surface area contributed by atoms with Gasteiger partial charge in [0.15, 0.2) is 5.82 Å². The topological polar surface area (TPSA) is 56.9 Å². The smallest absolute Gasteiger partial charge is 0.160 e. The quantitative estimate of drug-likeness (QED) is 0.922. The lowest BCUT2D eigenvalue weighted by molar-refractivity contribution is 0.0973. The molecule has 1 fully saturated rings. The molecule has 4 heterocycles. The maximum absolute atomic E-state index is 5.71. The minimum Gasteiger partial charge on any atom is -0.376 e. The standard InChI is InChI=1S/C14H19N5O.2ClH/c1-2-12(20-7-1)10-18-5-4-16-14(18)13-8-11-9-15-3-6-19(11)17-13;;/h4-5,8,12,15H,1-3,6-7,9-10H2;2*1H. The zero-order chi connectivity index (χ0) is 13.4. The minimum absolute atomic E-state index is 0. The molecule has 2 aromatic rings. The molecule has 2 aliphatic rings. The van der Waals surface area contributed by atoms with Crippen LogP contribution in [0.15, 0.2) is 18.5 Å². The average Bonchev–Trinajstić information content (AvgIpc) is 3.18. The van der Waals surface area contributed by atoms with Crippen LogP contribution in [0.3, 0.4) is 0 Å². The Kier molecular flexibility index (Phi) is 5.86. The molecule has 0 amide bonds. The molecule has 0 radical (unpaired) electrons. The molecule has 0 saturated carbocycles. The molecule has 22 heavy (non-hydrogen) atoms. The molecule has 0 bridgehead atoms. The summed E-state index contributed by atoms with van der Waals surface area (Å²) in [6, 6.07) is 2.14. The van der Waals surface area contributed by atoms with E-state index in [0.717, 1.165) is 50.7 Å². The van der Waals surface area contributed by atoms with Crippen LogP contribution in [0.4, 0.5) is 0 Å². The fourth-order valence-corrected chi connectivity index (χ4v) is 3.00. The van der Waals surface area contributed by atoms with Gasteiger partial charge in [-0.25, -0.2) is 4.98 Å². The van der Waals surface area contributed by atoms with Gasteiger partial charge in [0.25, 0.3) is 0 Å². The molecule has 0 aromatic carbocycles. The fraction of sp³-hybridized carbons (Fsp3) is 0.571. The number of hydrogen-bond donors (Lipinski definition) is 1. The molecule has 2 aliphatic heterocycles. The van der Waals surface area contributed by atoms with E-state index >= 15 is 0 Å². The van der Waals surface area contributed by atoms with E-state index in [9.17, 15) is 0 Å². The van der Waals surface area contributed by atoms with Crippen LogP contribution in [0.2, 0.25) is 0 Å². The first-order chi connectivity index (χ1) is 9.90. The highest BCUT2D eigenvalue weighted by Gasteiger charge is 2.20.